The Hall–Kier alpha value is -2.08. The summed E-state index contributed by atoms with van der Waals surface area (Å²) in [6.45, 7) is 4.03. The number of aromatic nitrogens is 5. The number of hydrogen-bond acceptors (Lipinski definition) is 4. The number of nitrogens with zero attached hydrogens (tertiary/aromatic N) is 5. The zero-order valence-corrected chi connectivity index (χ0v) is 11.6. The van der Waals surface area contributed by atoms with Crippen molar-refractivity contribution in [2.45, 2.75) is 19.9 Å². The highest BCUT2D eigenvalue weighted by molar-refractivity contribution is 6.28. The van der Waals surface area contributed by atoms with Crippen molar-refractivity contribution in [2.24, 2.45) is 0 Å². The summed E-state index contributed by atoms with van der Waals surface area (Å²) in [5.74, 6) is -0.536. The molecule has 102 valence electrons. The Balaban J connectivity index is 2.21. The first kappa shape index (κ1) is 12.9. The molecule has 0 N–H and O–H groups in total. The highest BCUT2D eigenvalue weighted by Crippen LogP contribution is 2.25. The lowest BCUT2D eigenvalue weighted by Gasteiger charge is -2.08. The number of hydrogen-bond donors (Lipinski definition) is 0. The third kappa shape index (κ3) is 2.12. The van der Waals surface area contributed by atoms with Crippen LogP contribution in [0.4, 0.5) is 4.39 Å². The summed E-state index contributed by atoms with van der Waals surface area (Å²) in [6.07, 6.45) is 4.29. The molecule has 7 heteroatoms. The zero-order chi connectivity index (χ0) is 14.3. The molecule has 3 rings (SSSR count). The molecular formula is C13H11ClFN5. The summed E-state index contributed by atoms with van der Waals surface area (Å²) in [5, 5.41) is 4.27. The number of rotatable bonds is 2. The summed E-state index contributed by atoms with van der Waals surface area (Å²) < 4.78 is 15.6. The zero-order valence-electron chi connectivity index (χ0n) is 10.9. The van der Waals surface area contributed by atoms with E-state index >= 15 is 0 Å². The Morgan fingerprint density at radius 3 is 2.75 bits per heavy atom. The summed E-state index contributed by atoms with van der Waals surface area (Å²) in [4.78, 5) is 11.8. The lowest BCUT2D eigenvalue weighted by molar-refractivity contribution is 0.551. The lowest BCUT2D eigenvalue weighted by Crippen LogP contribution is -2.02. The van der Waals surface area contributed by atoms with E-state index in [-0.39, 0.29) is 17.0 Å². The lowest BCUT2D eigenvalue weighted by atomic mass is 10.2. The smallest absolute Gasteiger partial charge is 0.223 e. The molecule has 3 heterocycles. The Kier molecular flexibility index (Phi) is 3.10. The minimum atomic E-state index is -0.536. The molecule has 0 saturated heterocycles. The standard InChI is InChI=1S/C13H11ClFN5/c1-7(2)20-11-3-8(4-16-10(11)6-18-20)12-9(15)5-17-13(14)19-12/h3-7H,1-2H3. The molecule has 0 aliphatic heterocycles. The first-order valence-corrected chi connectivity index (χ1v) is 6.45. The van der Waals surface area contributed by atoms with Crippen LogP contribution in [0.5, 0.6) is 0 Å². The van der Waals surface area contributed by atoms with Crippen molar-refractivity contribution in [1.29, 1.82) is 0 Å². The number of fused-ring (bicyclic) bond motifs is 1. The number of pyridine rings is 1. The molecule has 20 heavy (non-hydrogen) atoms. The van der Waals surface area contributed by atoms with Gasteiger partial charge in [-0.2, -0.15) is 5.10 Å². The Morgan fingerprint density at radius 1 is 1.20 bits per heavy atom. The van der Waals surface area contributed by atoms with Crippen molar-refractivity contribution in [1.82, 2.24) is 24.7 Å². The van der Waals surface area contributed by atoms with Gasteiger partial charge in [-0.05, 0) is 31.5 Å². The molecule has 0 radical (unpaired) electrons. The Labute approximate surface area is 119 Å². The second-order valence-electron chi connectivity index (χ2n) is 4.65. The maximum Gasteiger partial charge on any atom is 0.223 e. The van der Waals surface area contributed by atoms with E-state index in [1.165, 1.54) is 0 Å². The summed E-state index contributed by atoms with van der Waals surface area (Å²) in [5.41, 5.74) is 2.26. The maximum atomic E-state index is 13.8. The van der Waals surface area contributed by atoms with Crippen molar-refractivity contribution < 1.29 is 4.39 Å². The van der Waals surface area contributed by atoms with E-state index in [4.69, 9.17) is 11.6 Å². The van der Waals surface area contributed by atoms with E-state index in [2.05, 4.69) is 20.1 Å². The van der Waals surface area contributed by atoms with E-state index in [1.807, 2.05) is 18.5 Å². The van der Waals surface area contributed by atoms with Gasteiger partial charge in [0.2, 0.25) is 5.28 Å². The fourth-order valence-electron chi connectivity index (χ4n) is 2.01. The van der Waals surface area contributed by atoms with Crippen LogP contribution in [0.1, 0.15) is 19.9 Å². The van der Waals surface area contributed by atoms with Crippen molar-refractivity contribution in [3.05, 3.63) is 35.8 Å². The molecule has 0 amide bonds. The second-order valence-corrected chi connectivity index (χ2v) is 4.98. The Bertz CT molecular complexity index is 784. The van der Waals surface area contributed by atoms with Crippen LogP contribution in [0.3, 0.4) is 0 Å². The van der Waals surface area contributed by atoms with Gasteiger partial charge in [0, 0.05) is 17.8 Å². The average Bonchev–Trinajstić information content (AvgIpc) is 2.84. The highest BCUT2D eigenvalue weighted by Gasteiger charge is 2.13. The molecule has 0 fully saturated rings. The van der Waals surface area contributed by atoms with Gasteiger partial charge in [0.25, 0.3) is 0 Å². The highest BCUT2D eigenvalue weighted by atomic mass is 35.5. The molecule has 3 aromatic heterocycles. The van der Waals surface area contributed by atoms with Crippen LogP contribution in [0, 0.1) is 5.82 Å². The van der Waals surface area contributed by atoms with Gasteiger partial charge in [-0.15, -0.1) is 0 Å². The minimum absolute atomic E-state index is 0.00105. The molecule has 0 saturated carbocycles. The van der Waals surface area contributed by atoms with E-state index < -0.39 is 5.82 Å². The van der Waals surface area contributed by atoms with E-state index in [0.29, 0.717) is 5.56 Å². The molecule has 0 bridgehead atoms. The minimum Gasteiger partial charge on any atom is -0.261 e. The Morgan fingerprint density at radius 2 is 2.00 bits per heavy atom. The third-order valence-electron chi connectivity index (χ3n) is 2.93. The molecule has 0 spiro atoms. The van der Waals surface area contributed by atoms with Gasteiger partial charge < -0.3 is 0 Å². The van der Waals surface area contributed by atoms with Crippen LogP contribution in [-0.2, 0) is 0 Å². The van der Waals surface area contributed by atoms with E-state index in [9.17, 15) is 4.39 Å². The van der Waals surface area contributed by atoms with Gasteiger partial charge in [-0.3, -0.25) is 9.67 Å². The maximum absolute atomic E-state index is 13.8. The summed E-state index contributed by atoms with van der Waals surface area (Å²) in [7, 11) is 0. The fourth-order valence-corrected chi connectivity index (χ4v) is 2.15. The first-order chi connectivity index (χ1) is 9.56. The van der Waals surface area contributed by atoms with Gasteiger partial charge in [0.15, 0.2) is 5.82 Å². The van der Waals surface area contributed by atoms with Crippen molar-refractivity contribution in [3.8, 4) is 11.3 Å². The predicted octanol–water partition coefficient (Wildman–Crippen LogP) is 3.26. The SMILES string of the molecule is CC(C)n1ncc2ncc(-c3nc(Cl)ncc3F)cc21. The molecular weight excluding hydrogens is 281 g/mol. The molecule has 0 aliphatic rings. The molecule has 0 aromatic carbocycles. The average molecular weight is 292 g/mol. The predicted molar refractivity (Wildman–Crippen MR) is 73.9 cm³/mol. The van der Waals surface area contributed by atoms with Crippen molar-refractivity contribution in [3.63, 3.8) is 0 Å². The monoisotopic (exact) mass is 291 g/mol. The normalized spacial score (nSPS) is 11.4. The van der Waals surface area contributed by atoms with Gasteiger partial charge >= 0.3 is 0 Å². The van der Waals surface area contributed by atoms with Gasteiger partial charge in [0.1, 0.15) is 11.2 Å². The van der Waals surface area contributed by atoms with Gasteiger partial charge in [0.05, 0.1) is 17.9 Å². The van der Waals surface area contributed by atoms with E-state index in [1.54, 1.807) is 18.5 Å². The van der Waals surface area contributed by atoms with E-state index in [0.717, 1.165) is 17.2 Å². The quantitative estimate of drug-likeness (QED) is 0.680. The number of halogens is 2. The summed E-state index contributed by atoms with van der Waals surface area (Å²) in [6, 6.07) is 1.99. The van der Waals surface area contributed by atoms with Crippen LogP contribution in [0.2, 0.25) is 5.28 Å². The van der Waals surface area contributed by atoms with Crippen LogP contribution < -0.4 is 0 Å². The molecule has 0 atom stereocenters. The van der Waals surface area contributed by atoms with Crippen molar-refractivity contribution in [2.75, 3.05) is 0 Å². The van der Waals surface area contributed by atoms with Crippen LogP contribution in [0.15, 0.2) is 24.7 Å². The third-order valence-corrected chi connectivity index (χ3v) is 3.11. The summed E-state index contributed by atoms with van der Waals surface area (Å²) >= 11 is 5.72. The molecule has 0 unspecified atom stereocenters. The second kappa shape index (κ2) is 4.79. The molecule has 5 nitrogen and oxygen atoms in total. The van der Waals surface area contributed by atoms with Crippen LogP contribution >= 0.6 is 11.6 Å². The fraction of sp³-hybridized carbons (Fsp3) is 0.231. The molecule has 3 aromatic rings. The molecule has 0 aliphatic carbocycles. The van der Waals surface area contributed by atoms with Gasteiger partial charge in [-0.25, -0.2) is 14.4 Å². The van der Waals surface area contributed by atoms with Crippen molar-refractivity contribution >= 4 is 22.6 Å². The largest absolute Gasteiger partial charge is 0.261 e. The van der Waals surface area contributed by atoms with Crippen LogP contribution in [0.25, 0.3) is 22.3 Å². The van der Waals surface area contributed by atoms with Gasteiger partial charge in [-0.1, -0.05) is 0 Å². The first-order valence-electron chi connectivity index (χ1n) is 6.08. The topological polar surface area (TPSA) is 56.5 Å². The van der Waals surface area contributed by atoms with Crippen LogP contribution in [-0.4, -0.2) is 24.7 Å².